The molecule has 1 aromatic rings. The minimum Gasteiger partial charge on any atom is -0.354 e. The Morgan fingerprint density at radius 2 is 2.25 bits per heavy atom. The average Bonchev–Trinajstić information content (AvgIpc) is 2.88. The van der Waals surface area contributed by atoms with E-state index < -0.39 is 15.9 Å². The second-order valence-corrected chi connectivity index (χ2v) is 8.00. The van der Waals surface area contributed by atoms with Crippen molar-refractivity contribution in [3.63, 3.8) is 0 Å². The molecule has 0 bridgehead atoms. The van der Waals surface area contributed by atoms with Gasteiger partial charge in [0.25, 0.3) is 0 Å². The summed E-state index contributed by atoms with van der Waals surface area (Å²) in [6.07, 6.45) is 4.65. The van der Waals surface area contributed by atoms with Gasteiger partial charge in [0.2, 0.25) is 21.8 Å². The maximum atomic E-state index is 12.1. The van der Waals surface area contributed by atoms with Crippen molar-refractivity contribution >= 4 is 21.8 Å². The van der Waals surface area contributed by atoms with Crippen LogP contribution < -0.4 is 5.32 Å². The Kier molecular flexibility index (Phi) is 5.89. The molecule has 1 aliphatic heterocycles. The molecule has 0 aromatic carbocycles. The fourth-order valence-electron chi connectivity index (χ4n) is 2.46. The van der Waals surface area contributed by atoms with Gasteiger partial charge in [-0.25, -0.2) is 12.7 Å². The van der Waals surface area contributed by atoms with Gasteiger partial charge in [-0.1, -0.05) is 6.07 Å². The number of hydrogen-bond acceptors (Lipinski definition) is 5. The van der Waals surface area contributed by atoms with Gasteiger partial charge in [-0.15, -0.1) is 0 Å². The molecule has 2 rings (SSSR count). The minimum atomic E-state index is -3.26. The summed E-state index contributed by atoms with van der Waals surface area (Å²) in [4.78, 5) is 29.8. The molecule has 1 fully saturated rings. The molecular weight excluding hydrogens is 332 g/mol. The van der Waals surface area contributed by atoms with Crippen molar-refractivity contribution in [1.82, 2.24) is 19.5 Å². The Bertz CT molecular complexity index is 693. The number of likely N-dealkylation sites (tertiary alicyclic amines) is 1. The van der Waals surface area contributed by atoms with Gasteiger partial charge >= 0.3 is 0 Å². The lowest BCUT2D eigenvalue weighted by atomic mass is 10.1. The first-order valence-corrected chi connectivity index (χ1v) is 9.48. The maximum absolute atomic E-state index is 12.1. The highest BCUT2D eigenvalue weighted by molar-refractivity contribution is 7.88. The fourth-order valence-corrected chi connectivity index (χ4v) is 2.88. The smallest absolute Gasteiger partial charge is 0.225 e. The van der Waals surface area contributed by atoms with E-state index in [2.05, 4.69) is 10.3 Å². The number of nitrogens with one attached hydrogen (secondary N) is 1. The highest BCUT2D eigenvalue weighted by Crippen LogP contribution is 2.20. The zero-order valence-electron chi connectivity index (χ0n) is 13.8. The van der Waals surface area contributed by atoms with Gasteiger partial charge in [-0.2, -0.15) is 0 Å². The SMILES string of the molecule is CN(CCNC(=O)[C@H]1CC(=O)N(Cc2cccnc2)C1)S(C)(=O)=O. The number of carbonyl (C=O) groups excluding carboxylic acids is 2. The van der Waals surface area contributed by atoms with Crippen molar-refractivity contribution in [2.75, 3.05) is 32.9 Å². The Balaban J connectivity index is 1.81. The molecule has 9 heteroatoms. The molecule has 2 heterocycles. The van der Waals surface area contributed by atoms with Gasteiger partial charge in [-0.05, 0) is 11.6 Å². The van der Waals surface area contributed by atoms with Crippen molar-refractivity contribution in [2.24, 2.45) is 5.92 Å². The van der Waals surface area contributed by atoms with E-state index in [4.69, 9.17) is 0 Å². The van der Waals surface area contributed by atoms with Gasteiger partial charge in [0.15, 0.2) is 0 Å². The molecule has 2 amide bonds. The van der Waals surface area contributed by atoms with Crippen molar-refractivity contribution in [3.8, 4) is 0 Å². The van der Waals surface area contributed by atoms with E-state index in [0.717, 1.165) is 11.8 Å². The van der Waals surface area contributed by atoms with E-state index in [1.54, 1.807) is 23.4 Å². The lowest BCUT2D eigenvalue weighted by Gasteiger charge is -2.17. The molecule has 0 unspecified atom stereocenters. The lowest BCUT2D eigenvalue weighted by Crippen LogP contribution is -2.38. The number of likely N-dealkylation sites (N-methyl/N-ethyl adjacent to an activating group) is 1. The number of rotatable bonds is 7. The Morgan fingerprint density at radius 1 is 1.50 bits per heavy atom. The third kappa shape index (κ3) is 5.00. The molecule has 1 saturated heterocycles. The predicted octanol–water partition coefficient (Wildman–Crippen LogP) is -0.562. The van der Waals surface area contributed by atoms with Crippen LogP contribution in [0.3, 0.4) is 0 Å². The molecule has 0 spiro atoms. The summed E-state index contributed by atoms with van der Waals surface area (Å²) >= 11 is 0. The van der Waals surface area contributed by atoms with E-state index in [1.807, 2.05) is 6.07 Å². The van der Waals surface area contributed by atoms with E-state index in [1.165, 1.54) is 11.4 Å². The second kappa shape index (κ2) is 7.71. The quantitative estimate of drug-likeness (QED) is 0.707. The third-order valence-corrected chi connectivity index (χ3v) is 5.29. The zero-order valence-corrected chi connectivity index (χ0v) is 14.6. The molecule has 0 radical (unpaired) electrons. The molecule has 0 saturated carbocycles. The number of carbonyl (C=O) groups is 2. The van der Waals surface area contributed by atoms with Crippen LogP contribution in [0.5, 0.6) is 0 Å². The van der Waals surface area contributed by atoms with Crippen LogP contribution in [0.4, 0.5) is 0 Å². The van der Waals surface area contributed by atoms with E-state index in [-0.39, 0.29) is 31.3 Å². The summed E-state index contributed by atoms with van der Waals surface area (Å²) in [5.74, 6) is -0.691. The lowest BCUT2D eigenvalue weighted by molar-refractivity contribution is -0.129. The summed E-state index contributed by atoms with van der Waals surface area (Å²) in [7, 11) is -1.80. The Labute approximate surface area is 141 Å². The van der Waals surface area contributed by atoms with Gasteiger partial charge < -0.3 is 10.2 Å². The van der Waals surface area contributed by atoms with Crippen LogP contribution >= 0.6 is 0 Å². The number of sulfonamides is 1. The summed E-state index contributed by atoms with van der Waals surface area (Å²) < 4.78 is 23.7. The maximum Gasteiger partial charge on any atom is 0.225 e. The van der Waals surface area contributed by atoms with E-state index in [0.29, 0.717) is 13.1 Å². The van der Waals surface area contributed by atoms with Crippen molar-refractivity contribution in [3.05, 3.63) is 30.1 Å². The van der Waals surface area contributed by atoms with Crippen LogP contribution in [-0.4, -0.2) is 67.4 Å². The summed E-state index contributed by atoms with van der Waals surface area (Å²) in [6, 6.07) is 3.69. The number of hydrogen-bond donors (Lipinski definition) is 1. The van der Waals surface area contributed by atoms with E-state index in [9.17, 15) is 18.0 Å². The third-order valence-electron chi connectivity index (χ3n) is 3.97. The molecule has 1 aliphatic rings. The zero-order chi connectivity index (χ0) is 17.7. The molecule has 24 heavy (non-hydrogen) atoms. The van der Waals surface area contributed by atoms with Crippen molar-refractivity contribution in [1.29, 1.82) is 0 Å². The van der Waals surface area contributed by atoms with Gasteiger partial charge in [0.05, 0.1) is 12.2 Å². The van der Waals surface area contributed by atoms with Crippen LogP contribution in [0.1, 0.15) is 12.0 Å². The van der Waals surface area contributed by atoms with E-state index >= 15 is 0 Å². The topological polar surface area (TPSA) is 99.7 Å². The predicted molar refractivity (Wildman–Crippen MR) is 88.2 cm³/mol. The second-order valence-electron chi connectivity index (χ2n) is 5.91. The summed E-state index contributed by atoms with van der Waals surface area (Å²) in [5, 5.41) is 2.70. The number of nitrogens with zero attached hydrogens (tertiary/aromatic N) is 3. The number of amides is 2. The highest BCUT2D eigenvalue weighted by Gasteiger charge is 2.34. The normalized spacial score (nSPS) is 18.2. The molecule has 0 aliphatic carbocycles. The average molecular weight is 354 g/mol. The van der Waals surface area contributed by atoms with Gasteiger partial charge in [-0.3, -0.25) is 14.6 Å². The molecule has 1 atom stereocenters. The van der Waals surface area contributed by atoms with Crippen molar-refractivity contribution < 1.29 is 18.0 Å². The molecule has 1 aromatic heterocycles. The molecular formula is C15H22N4O4S. The van der Waals surface area contributed by atoms with Crippen LogP contribution in [0.15, 0.2) is 24.5 Å². The number of pyridine rings is 1. The largest absolute Gasteiger partial charge is 0.354 e. The number of aromatic nitrogens is 1. The van der Waals surface area contributed by atoms with Crippen LogP contribution in [0, 0.1) is 5.92 Å². The van der Waals surface area contributed by atoms with Gasteiger partial charge in [0.1, 0.15) is 0 Å². The monoisotopic (exact) mass is 354 g/mol. The Morgan fingerprint density at radius 3 is 2.88 bits per heavy atom. The van der Waals surface area contributed by atoms with Crippen LogP contribution in [-0.2, 0) is 26.2 Å². The summed E-state index contributed by atoms with van der Waals surface area (Å²) in [6.45, 7) is 1.22. The fraction of sp³-hybridized carbons (Fsp3) is 0.533. The van der Waals surface area contributed by atoms with Crippen LogP contribution in [0.2, 0.25) is 0 Å². The van der Waals surface area contributed by atoms with Gasteiger partial charge in [0, 0.05) is 52.0 Å². The standard InChI is InChI=1S/C15H22N4O4S/c1-18(24(2,22)23)7-6-17-15(21)13-8-14(20)19(11-13)10-12-4-3-5-16-9-12/h3-5,9,13H,6-8,10-11H2,1-2H3,(H,17,21)/t13-/m0/s1. The first kappa shape index (κ1) is 18.3. The first-order chi connectivity index (χ1) is 11.3. The molecule has 8 nitrogen and oxygen atoms in total. The molecule has 132 valence electrons. The first-order valence-electron chi connectivity index (χ1n) is 7.63. The summed E-state index contributed by atoms with van der Waals surface area (Å²) in [5.41, 5.74) is 0.918. The molecule has 1 N–H and O–H groups in total. The Hall–Kier alpha value is -2.00. The highest BCUT2D eigenvalue weighted by atomic mass is 32.2. The van der Waals surface area contributed by atoms with Crippen LogP contribution in [0.25, 0.3) is 0 Å². The minimum absolute atomic E-state index is 0.0627. The van der Waals surface area contributed by atoms with Crippen molar-refractivity contribution in [2.45, 2.75) is 13.0 Å².